The summed E-state index contributed by atoms with van der Waals surface area (Å²) >= 11 is 0. The molecule has 0 unspecified atom stereocenters. The number of hydrogen-bond acceptors (Lipinski definition) is 3. The normalized spacial score (nSPS) is 10.9. The van der Waals surface area contributed by atoms with Crippen molar-refractivity contribution in [3.63, 3.8) is 0 Å². The van der Waals surface area contributed by atoms with E-state index in [1.807, 2.05) is 48.9 Å². The quantitative estimate of drug-likeness (QED) is 0.504. The Morgan fingerprint density at radius 1 is 1.00 bits per heavy atom. The van der Waals surface area contributed by atoms with Gasteiger partial charge >= 0.3 is 0 Å². The van der Waals surface area contributed by atoms with Gasteiger partial charge in [0.2, 0.25) is 0 Å². The zero-order chi connectivity index (χ0) is 21.3. The second-order valence-electron chi connectivity index (χ2n) is 7.15. The Labute approximate surface area is 174 Å². The van der Waals surface area contributed by atoms with Gasteiger partial charge in [-0.1, -0.05) is 30.3 Å². The molecule has 2 aromatic carbocycles. The van der Waals surface area contributed by atoms with Gasteiger partial charge in [-0.15, -0.1) is 0 Å². The van der Waals surface area contributed by atoms with E-state index in [9.17, 15) is 9.18 Å². The monoisotopic (exact) mass is 403 g/mol. The van der Waals surface area contributed by atoms with Crippen molar-refractivity contribution in [3.8, 4) is 11.4 Å². The number of aryl methyl sites for hydroxylation is 1. The maximum Gasteiger partial charge on any atom is 0.274 e. The minimum Gasteiger partial charge on any atom is -0.336 e. The van der Waals surface area contributed by atoms with Gasteiger partial charge < -0.3 is 4.90 Å². The van der Waals surface area contributed by atoms with E-state index in [4.69, 9.17) is 0 Å². The molecule has 0 aliphatic heterocycles. The van der Waals surface area contributed by atoms with Crippen LogP contribution < -0.4 is 0 Å². The lowest BCUT2D eigenvalue weighted by Gasteiger charge is -2.16. The molecule has 7 heteroatoms. The van der Waals surface area contributed by atoms with Crippen LogP contribution in [0.3, 0.4) is 0 Å². The van der Waals surface area contributed by atoms with E-state index >= 15 is 0 Å². The van der Waals surface area contributed by atoms with E-state index in [0.29, 0.717) is 12.2 Å². The molecule has 0 saturated carbocycles. The topological polar surface area (TPSA) is 56.0 Å². The van der Waals surface area contributed by atoms with Crippen molar-refractivity contribution in [2.24, 2.45) is 0 Å². The van der Waals surface area contributed by atoms with E-state index in [-0.39, 0.29) is 11.6 Å². The summed E-state index contributed by atoms with van der Waals surface area (Å²) in [5.74, 6) is -0.635. The molecule has 2 heterocycles. The highest BCUT2D eigenvalue weighted by Crippen LogP contribution is 2.20. The van der Waals surface area contributed by atoms with Crippen LogP contribution in [-0.4, -0.2) is 37.4 Å². The van der Waals surface area contributed by atoms with Gasteiger partial charge in [0.05, 0.1) is 11.4 Å². The maximum atomic E-state index is 14.0. The van der Waals surface area contributed by atoms with Gasteiger partial charge in [-0.3, -0.25) is 4.79 Å². The van der Waals surface area contributed by atoms with Gasteiger partial charge in [-0.2, -0.15) is 10.2 Å². The molecule has 30 heavy (non-hydrogen) atoms. The molecule has 0 spiro atoms. The number of aromatic nitrogens is 4. The van der Waals surface area contributed by atoms with Crippen LogP contribution in [0.2, 0.25) is 0 Å². The molecule has 152 valence electrons. The van der Waals surface area contributed by atoms with Gasteiger partial charge in [-0.25, -0.2) is 13.8 Å². The number of carbonyl (C=O) groups is 1. The Balaban J connectivity index is 1.55. The first-order valence-corrected chi connectivity index (χ1v) is 9.62. The molecule has 0 radical (unpaired) electrons. The summed E-state index contributed by atoms with van der Waals surface area (Å²) in [4.78, 5) is 14.5. The molecule has 0 aliphatic carbocycles. The lowest BCUT2D eigenvalue weighted by molar-refractivity contribution is 0.0778. The predicted molar refractivity (Wildman–Crippen MR) is 112 cm³/mol. The van der Waals surface area contributed by atoms with Crippen molar-refractivity contribution in [3.05, 3.63) is 95.3 Å². The molecule has 0 saturated heterocycles. The van der Waals surface area contributed by atoms with Crippen LogP contribution in [0.15, 0.2) is 66.9 Å². The Morgan fingerprint density at radius 2 is 1.70 bits per heavy atom. The van der Waals surface area contributed by atoms with E-state index in [2.05, 4.69) is 10.2 Å². The fourth-order valence-electron chi connectivity index (χ4n) is 3.44. The second-order valence-corrected chi connectivity index (χ2v) is 7.15. The summed E-state index contributed by atoms with van der Waals surface area (Å²) in [6.07, 6.45) is 1.59. The van der Waals surface area contributed by atoms with Crippen molar-refractivity contribution in [1.82, 2.24) is 24.5 Å². The molecule has 0 aliphatic rings. The van der Waals surface area contributed by atoms with Gasteiger partial charge in [0, 0.05) is 31.0 Å². The van der Waals surface area contributed by atoms with E-state index in [0.717, 1.165) is 22.6 Å². The fraction of sp³-hybridized carbons (Fsp3) is 0.174. The van der Waals surface area contributed by atoms with Crippen LogP contribution >= 0.6 is 0 Å². The third-order valence-corrected chi connectivity index (χ3v) is 5.09. The molecule has 0 fully saturated rings. The predicted octanol–water partition coefficient (Wildman–Crippen LogP) is 4.09. The van der Waals surface area contributed by atoms with E-state index in [1.165, 1.54) is 10.7 Å². The number of amides is 1. The molecular weight excluding hydrogens is 381 g/mol. The van der Waals surface area contributed by atoms with E-state index in [1.54, 1.807) is 42.4 Å². The first kappa shape index (κ1) is 19.6. The highest BCUT2D eigenvalue weighted by Gasteiger charge is 2.20. The molecule has 4 rings (SSSR count). The molecule has 0 bridgehead atoms. The van der Waals surface area contributed by atoms with Crippen molar-refractivity contribution in [1.29, 1.82) is 0 Å². The van der Waals surface area contributed by atoms with Crippen molar-refractivity contribution < 1.29 is 9.18 Å². The smallest absolute Gasteiger partial charge is 0.274 e. The fourth-order valence-corrected chi connectivity index (χ4v) is 3.44. The number of hydrogen-bond donors (Lipinski definition) is 0. The Bertz CT molecular complexity index is 1200. The van der Waals surface area contributed by atoms with Crippen LogP contribution in [0, 0.1) is 19.7 Å². The largest absolute Gasteiger partial charge is 0.336 e. The number of nitrogens with zero attached hydrogens (tertiary/aromatic N) is 5. The lowest BCUT2D eigenvalue weighted by Crippen LogP contribution is -2.27. The minimum atomic E-state index is -0.396. The van der Waals surface area contributed by atoms with E-state index < -0.39 is 5.82 Å². The molecule has 6 nitrogen and oxygen atoms in total. The molecule has 1 amide bonds. The number of carbonyl (C=O) groups excluding carboxylic acids is 1. The van der Waals surface area contributed by atoms with Gasteiger partial charge in [0.25, 0.3) is 5.91 Å². The SMILES string of the molecule is Cc1nn(-c2ccccc2)c(C)c1CN(C)C(=O)c1ccn(-c2ccccc2F)n1. The van der Waals surface area contributed by atoms with Gasteiger partial charge in [-0.05, 0) is 44.2 Å². The molecule has 0 atom stereocenters. The van der Waals surface area contributed by atoms with Gasteiger partial charge in [0.15, 0.2) is 5.69 Å². The third kappa shape index (κ3) is 3.61. The summed E-state index contributed by atoms with van der Waals surface area (Å²) in [6, 6.07) is 17.8. The van der Waals surface area contributed by atoms with Crippen molar-refractivity contribution >= 4 is 5.91 Å². The average molecular weight is 403 g/mol. The summed E-state index contributed by atoms with van der Waals surface area (Å²) in [5.41, 5.74) is 4.37. The number of benzene rings is 2. The number of rotatable bonds is 5. The van der Waals surface area contributed by atoms with Crippen molar-refractivity contribution in [2.45, 2.75) is 20.4 Å². The number of halogens is 1. The highest BCUT2D eigenvalue weighted by atomic mass is 19.1. The molecule has 0 N–H and O–H groups in total. The first-order valence-electron chi connectivity index (χ1n) is 9.62. The summed E-state index contributed by atoms with van der Waals surface area (Å²) in [6.45, 7) is 4.33. The zero-order valence-electron chi connectivity index (χ0n) is 17.1. The Morgan fingerprint density at radius 3 is 2.43 bits per heavy atom. The van der Waals surface area contributed by atoms with Gasteiger partial charge in [0.1, 0.15) is 11.5 Å². The number of para-hydroxylation sites is 2. The standard InChI is InChI=1S/C23H22FN5O/c1-16-19(17(2)29(25-16)18-9-5-4-6-10-18)15-27(3)23(30)21-13-14-28(26-21)22-12-8-7-11-20(22)24/h4-14H,15H2,1-3H3. The average Bonchev–Trinajstić information content (AvgIpc) is 3.35. The van der Waals surface area contributed by atoms with Crippen LogP contribution in [-0.2, 0) is 6.54 Å². The molecule has 2 aromatic heterocycles. The Hall–Kier alpha value is -3.74. The molecule has 4 aromatic rings. The van der Waals surface area contributed by atoms with Crippen LogP contribution in [0.5, 0.6) is 0 Å². The van der Waals surface area contributed by atoms with Crippen LogP contribution in [0.1, 0.15) is 27.4 Å². The third-order valence-electron chi connectivity index (χ3n) is 5.09. The summed E-state index contributed by atoms with van der Waals surface area (Å²) in [7, 11) is 1.73. The minimum absolute atomic E-state index is 0.239. The zero-order valence-corrected chi connectivity index (χ0v) is 17.1. The Kier molecular flexibility index (Phi) is 5.18. The van der Waals surface area contributed by atoms with Crippen LogP contribution in [0.25, 0.3) is 11.4 Å². The van der Waals surface area contributed by atoms with Crippen molar-refractivity contribution in [2.75, 3.05) is 7.05 Å². The first-order chi connectivity index (χ1) is 14.5. The lowest BCUT2D eigenvalue weighted by atomic mass is 10.2. The van der Waals surface area contributed by atoms with Crippen LogP contribution in [0.4, 0.5) is 4.39 Å². The summed E-state index contributed by atoms with van der Waals surface area (Å²) < 4.78 is 17.3. The highest BCUT2D eigenvalue weighted by molar-refractivity contribution is 5.92. The maximum absolute atomic E-state index is 14.0. The second kappa shape index (κ2) is 7.94. The molecular formula is C23H22FN5O. The summed E-state index contributed by atoms with van der Waals surface area (Å²) in [5, 5.41) is 8.90.